The van der Waals surface area contributed by atoms with Crippen molar-refractivity contribution >= 4 is 5.91 Å². The Kier molecular flexibility index (Phi) is 5.89. The number of amides is 1. The molecule has 2 unspecified atom stereocenters. The first-order valence-electron chi connectivity index (χ1n) is 9.50. The molecule has 1 saturated heterocycles. The van der Waals surface area contributed by atoms with E-state index in [9.17, 15) is 4.79 Å². The van der Waals surface area contributed by atoms with Gasteiger partial charge in [0.1, 0.15) is 0 Å². The zero-order valence-electron chi connectivity index (χ0n) is 15.6. The molecule has 0 saturated carbocycles. The van der Waals surface area contributed by atoms with Crippen LogP contribution < -0.4 is 0 Å². The summed E-state index contributed by atoms with van der Waals surface area (Å²) in [6.07, 6.45) is 9.64. The molecule has 2 aliphatic rings. The van der Waals surface area contributed by atoms with Crippen LogP contribution in [0.1, 0.15) is 63.6 Å². The van der Waals surface area contributed by atoms with Crippen molar-refractivity contribution in [1.29, 1.82) is 0 Å². The molecule has 0 N–H and O–H groups in total. The van der Waals surface area contributed by atoms with E-state index in [0.29, 0.717) is 36.7 Å². The molecule has 1 fully saturated rings. The highest BCUT2D eigenvalue weighted by Crippen LogP contribution is 2.23. The molecule has 2 heterocycles. The summed E-state index contributed by atoms with van der Waals surface area (Å²) in [5.74, 6) is 2.40. The lowest BCUT2D eigenvalue weighted by molar-refractivity contribution is -0.131. The number of likely N-dealkylation sites (tertiary alicyclic amines) is 1. The van der Waals surface area contributed by atoms with E-state index >= 15 is 0 Å². The maximum atomic E-state index is 12.6. The van der Waals surface area contributed by atoms with Crippen LogP contribution in [0.4, 0.5) is 0 Å². The second-order valence-electron chi connectivity index (χ2n) is 7.72. The minimum Gasteiger partial charge on any atom is -0.341 e. The third-order valence-electron chi connectivity index (χ3n) is 5.30. The Labute approximate surface area is 150 Å². The third kappa shape index (κ3) is 4.69. The van der Waals surface area contributed by atoms with Gasteiger partial charge >= 0.3 is 0 Å². The lowest BCUT2D eigenvalue weighted by Gasteiger charge is -2.24. The molecule has 138 valence electrons. The van der Waals surface area contributed by atoms with Gasteiger partial charge in [0.15, 0.2) is 5.82 Å². The zero-order valence-corrected chi connectivity index (χ0v) is 15.6. The molecule has 1 aromatic heterocycles. The summed E-state index contributed by atoms with van der Waals surface area (Å²) in [5.41, 5.74) is 0. The molecule has 3 rings (SSSR count). The molecule has 0 bridgehead atoms. The molecule has 0 aromatic carbocycles. The van der Waals surface area contributed by atoms with E-state index in [4.69, 9.17) is 4.52 Å². The summed E-state index contributed by atoms with van der Waals surface area (Å²) in [6, 6.07) is 0.367. The Morgan fingerprint density at radius 3 is 2.96 bits per heavy atom. The van der Waals surface area contributed by atoms with Crippen LogP contribution in [0.3, 0.4) is 0 Å². The van der Waals surface area contributed by atoms with Gasteiger partial charge in [0.25, 0.3) is 0 Å². The van der Waals surface area contributed by atoms with Gasteiger partial charge in [-0.15, -0.1) is 0 Å². The lowest BCUT2D eigenvalue weighted by Crippen LogP contribution is -2.36. The maximum Gasteiger partial charge on any atom is 0.229 e. The second-order valence-corrected chi connectivity index (χ2v) is 7.72. The first kappa shape index (κ1) is 18.1. The summed E-state index contributed by atoms with van der Waals surface area (Å²) in [6.45, 7) is 6.41. The summed E-state index contributed by atoms with van der Waals surface area (Å²) in [5, 5.41) is 4.06. The van der Waals surface area contributed by atoms with E-state index in [2.05, 4.69) is 34.2 Å². The molecule has 1 aliphatic carbocycles. The molecule has 1 amide bonds. The predicted octanol–water partition coefficient (Wildman–Crippen LogP) is 2.97. The van der Waals surface area contributed by atoms with Gasteiger partial charge < -0.3 is 9.42 Å². The molecule has 1 aliphatic heterocycles. The molecule has 0 radical (unpaired) electrons. The molecule has 6 heteroatoms. The largest absolute Gasteiger partial charge is 0.341 e. The lowest BCUT2D eigenvalue weighted by atomic mass is 9.93. The van der Waals surface area contributed by atoms with Crippen molar-refractivity contribution in [2.24, 2.45) is 5.92 Å². The molecule has 2 atom stereocenters. The Bertz CT molecular complexity index is 610. The van der Waals surface area contributed by atoms with Crippen molar-refractivity contribution in [2.75, 3.05) is 20.1 Å². The number of likely N-dealkylation sites (N-methyl/N-ethyl adjacent to an activating group) is 1. The number of nitrogens with zero attached hydrogens (tertiary/aromatic N) is 4. The number of hydrogen-bond donors (Lipinski definition) is 0. The van der Waals surface area contributed by atoms with Gasteiger partial charge in [0, 0.05) is 31.5 Å². The molecule has 25 heavy (non-hydrogen) atoms. The Balaban J connectivity index is 1.48. The smallest absolute Gasteiger partial charge is 0.229 e. The fourth-order valence-corrected chi connectivity index (χ4v) is 3.65. The topological polar surface area (TPSA) is 62.5 Å². The van der Waals surface area contributed by atoms with E-state index in [-0.39, 0.29) is 5.92 Å². The minimum absolute atomic E-state index is 0.250. The Morgan fingerprint density at radius 1 is 1.44 bits per heavy atom. The predicted molar refractivity (Wildman–Crippen MR) is 95.9 cm³/mol. The van der Waals surface area contributed by atoms with Gasteiger partial charge in [-0.1, -0.05) is 31.2 Å². The number of allylic oxidation sites excluding steroid dienone is 2. The maximum absolute atomic E-state index is 12.6. The molecule has 1 aromatic rings. The van der Waals surface area contributed by atoms with Crippen molar-refractivity contribution in [1.82, 2.24) is 19.9 Å². The van der Waals surface area contributed by atoms with Crippen molar-refractivity contribution < 1.29 is 9.32 Å². The van der Waals surface area contributed by atoms with Crippen molar-refractivity contribution in [3.63, 3.8) is 0 Å². The average Bonchev–Trinajstić information content (AvgIpc) is 3.25. The molecular weight excluding hydrogens is 316 g/mol. The monoisotopic (exact) mass is 346 g/mol. The number of carbonyl (C=O) groups is 1. The normalized spacial score (nSPS) is 23.8. The van der Waals surface area contributed by atoms with E-state index in [1.165, 1.54) is 6.42 Å². The summed E-state index contributed by atoms with van der Waals surface area (Å²) >= 11 is 0. The third-order valence-corrected chi connectivity index (χ3v) is 5.30. The van der Waals surface area contributed by atoms with Crippen molar-refractivity contribution in [2.45, 2.75) is 64.5 Å². The zero-order chi connectivity index (χ0) is 17.8. The van der Waals surface area contributed by atoms with E-state index < -0.39 is 0 Å². The number of carbonyl (C=O) groups excluding carboxylic acids is 1. The van der Waals surface area contributed by atoms with Crippen LogP contribution in [0, 0.1) is 5.92 Å². The highest BCUT2D eigenvalue weighted by atomic mass is 16.5. The van der Waals surface area contributed by atoms with Gasteiger partial charge in [-0.25, -0.2) is 0 Å². The summed E-state index contributed by atoms with van der Waals surface area (Å²) in [7, 11) is 2.08. The van der Waals surface area contributed by atoms with Gasteiger partial charge in [-0.05, 0) is 38.6 Å². The first-order chi connectivity index (χ1) is 12.0. The highest BCUT2D eigenvalue weighted by Gasteiger charge is 2.30. The second kappa shape index (κ2) is 8.13. The standard InChI is InChI=1S/C19H30N4O2/c1-14(2)19-20-17(21-25-19)13-22(3)16-9-10-23(12-16)18(24)11-15-7-5-4-6-8-15/h5,7,14-16H,4,6,8-13H2,1-3H3. The van der Waals surface area contributed by atoms with Gasteiger partial charge in [0.2, 0.25) is 11.8 Å². The number of hydrogen-bond acceptors (Lipinski definition) is 5. The van der Waals surface area contributed by atoms with Crippen molar-refractivity contribution in [3.05, 3.63) is 23.9 Å². The van der Waals surface area contributed by atoms with Crippen LogP contribution in [0.2, 0.25) is 0 Å². The fourth-order valence-electron chi connectivity index (χ4n) is 3.65. The summed E-state index contributed by atoms with van der Waals surface area (Å²) < 4.78 is 5.27. The quantitative estimate of drug-likeness (QED) is 0.741. The van der Waals surface area contributed by atoms with Crippen LogP contribution in [0.15, 0.2) is 16.7 Å². The SMILES string of the molecule is CC(C)c1nc(CN(C)C2CCN(C(=O)CC3C=CCCC3)C2)no1. The Morgan fingerprint density at radius 2 is 2.28 bits per heavy atom. The first-order valence-corrected chi connectivity index (χ1v) is 9.50. The average molecular weight is 346 g/mol. The van der Waals surface area contributed by atoms with Gasteiger partial charge in [0.05, 0.1) is 6.54 Å². The molecular formula is C19H30N4O2. The van der Waals surface area contributed by atoms with Crippen LogP contribution in [0.5, 0.6) is 0 Å². The summed E-state index contributed by atoms with van der Waals surface area (Å²) in [4.78, 5) is 21.3. The number of rotatable bonds is 6. The Hall–Kier alpha value is -1.69. The fraction of sp³-hybridized carbons (Fsp3) is 0.737. The van der Waals surface area contributed by atoms with Gasteiger partial charge in [-0.3, -0.25) is 9.69 Å². The molecule has 6 nitrogen and oxygen atoms in total. The molecule has 0 spiro atoms. The van der Waals surface area contributed by atoms with Gasteiger partial charge in [-0.2, -0.15) is 4.98 Å². The van der Waals surface area contributed by atoms with Crippen molar-refractivity contribution in [3.8, 4) is 0 Å². The van der Waals surface area contributed by atoms with Crippen LogP contribution in [0.25, 0.3) is 0 Å². The number of aromatic nitrogens is 2. The van der Waals surface area contributed by atoms with E-state index in [1.54, 1.807) is 0 Å². The van der Waals surface area contributed by atoms with Crippen LogP contribution >= 0.6 is 0 Å². The minimum atomic E-state index is 0.250. The van der Waals surface area contributed by atoms with E-state index in [1.807, 2.05) is 18.7 Å². The van der Waals surface area contributed by atoms with Crippen LogP contribution in [-0.2, 0) is 11.3 Å². The van der Waals surface area contributed by atoms with Crippen LogP contribution in [-0.4, -0.2) is 52.0 Å². The van der Waals surface area contributed by atoms with E-state index in [0.717, 1.165) is 38.2 Å². The highest BCUT2D eigenvalue weighted by molar-refractivity contribution is 5.77.